The Balaban J connectivity index is 1.57. The summed E-state index contributed by atoms with van der Waals surface area (Å²) in [7, 11) is 0. The first-order valence-electron chi connectivity index (χ1n) is 11.3. The number of aliphatic hydroxyl groups is 1. The summed E-state index contributed by atoms with van der Waals surface area (Å²) in [5, 5.41) is 10.5. The number of aryl methyl sites for hydroxylation is 1. The van der Waals surface area contributed by atoms with Gasteiger partial charge in [0, 0.05) is 16.7 Å². The fourth-order valence-corrected chi connectivity index (χ4v) is 7.18. The van der Waals surface area contributed by atoms with Crippen molar-refractivity contribution < 1.29 is 14.6 Å². The normalized spacial score (nSPS) is 32.0. The summed E-state index contributed by atoms with van der Waals surface area (Å²) < 4.78 is 5.66. The highest BCUT2D eigenvalue weighted by Gasteiger charge is 2.51. The van der Waals surface area contributed by atoms with Crippen LogP contribution < -0.4 is 0 Å². The maximum Gasteiger partial charge on any atom is 0.303 e. The van der Waals surface area contributed by atoms with Crippen LogP contribution in [0.5, 0.6) is 0 Å². The first kappa shape index (κ1) is 21.8. The largest absolute Gasteiger partial charge is 0.457 e. The van der Waals surface area contributed by atoms with Crippen LogP contribution in [0.3, 0.4) is 0 Å². The van der Waals surface area contributed by atoms with E-state index in [9.17, 15) is 9.90 Å². The van der Waals surface area contributed by atoms with Crippen molar-refractivity contribution in [2.24, 2.45) is 23.2 Å². The van der Waals surface area contributed by atoms with Crippen LogP contribution in [0.15, 0.2) is 12.1 Å². The Hall–Kier alpha value is -0.870. The van der Waals surface area contributed by atoms with Gasteiger partial charge in [-0.05, 0) is 80.2 Å². The fourth-order valence-electron chi connectivity index (χ4n) is 6.17. The zero-order valence-electron chi connectivity index (χ0n) is 18.1. The number of hydrogen-bond acceptors (Lipinski definition) is 4. The minimum absolute atomic E-state index is 0.0871. The maximum absolute atomic E-state index is 11.6. The molecule has 0 spiro atoms. The molecular formula is C24H38O3S. The number of hydrogen-bond donors (Lipinski definition) is 1. The van der Waals surface area contributed by atoms with Gasteiger partial charge in [-0.15, -0.1) is 11.3 Å². The van der Waals surface area contributed by atoms with E-state index in [-0.39, 0.29) is 18.2 Å². The summed E-state index contributed by atoms with van der Waals surface area (Å²) >= 11 is 1.78. The van der Waals surface area contributed by atoms with Crippen LogP contribution in [0.25, 0.3) is 0 Å². The molecule has 158 valence electrons. The molecule has 4 heteroatoms. The van der Waals surface area contributed by atoms with Crippen molar-refractivity contribution in [1.82, 2.24) is 0 Å². The van der Waals surface area contributed by atoms with Crippen molar-refractivity contribution in [3.05, 3.63) is 21.9 Å². The second kappa shape index (κ2) is 9.30. The predicted molar refractivity (Wildman–Crippen MR) is 115 cm³/mol. The first-order chi connectivity index (χ1) is 13.3. The quantitative estimate of drug-likeness (QED) is 0.515. The molecule has 0 amide bonds. The molecule has 28 heavy (non-hydrogen) atoms. The van der Waals surface area contributed by atoms with E-state index in [1.165, 1.54) is 48.8 Å². The summed E-state index contributed by atoms with van der Waals surface area (Å²) in [6.45, 7) is 8.52. The van der Waals surface area contributed by atoms with Crippen LogP contribution in [-0.4, -0.2) is 17.2 Å². The third kappa shape index (κ3) is 4.64. The summed E-state index contributed by atoms with van der Waals surface area (Å²) in [5.74, 6) is 1.69. The third-order valence-electron chi connectivity index (χ3n) is 7.63. The van der Waals surface area contributed by atoms with Crippen molar-refractivity contribution >= 4 is 17.3 Å². The Kier molecular flexibility index (Phi) is 7.25. The Morgan fingerprint density at radius 2 is 2.11 bits per heavy atom. The third-order valence-corrected chi connectivity index (χ3v) is 8.95. The second-order valence-corrected chi connectivity index (χ2v) is 10.6. The molecule has 0 bridgehead atoms. The van der Waals surface area contributed by atoms with Gasteiger partial charge < -0.3 is 9.84 Å². The summed E-state index contributed by atoms with van der Waals surface area (Å²) in [6.07, 6.45) is 9.89. The molecule has 3 nitrogen and oxygen atoms in total. The Morgan fingerprint density at radius 1 is 1.32 bits per heavy atom. The smallest absolute Gasteiger partial charge is 0.303 e. The van der Waals surface area contributed by atoms with E-state index < -0.39 is 0 Å². The maximum atomic E-state index is 11.6. The van der Waals surface area contributed by atoms with Gasteiger partial charge in [-0.1, -0.05) is 33.6 Å². The minimum Gasteiger partial charge on any atom is -0.457 e. The summed E-state index contributed by atoms with van der Waals surface area (Å²) in [4.78, 5) is 14.1. The number of rotatable bonds is 8. The van der Waals surface area contributed by atoms with Crippen molar-refractivity contribution in [3.8, 4) is 0 Å². The van der Waals surface area contributed by atoms with E-state index in [1.54, 1.807) is 11.3 Å². The number of thiophene rings is 1. The number of fused-ring (bicyclic) bond motifs is 1. The van der Waals surface area contributed by atoms with Crippen molar-refractivity contribution in [2.45, 2.75) is 97.7 Å². The van der Waals surface area contributed by atoms with Gasteiger partial charge in [-0.3, -0.25) is 4.79 Å². The Bertz CT molecular complexity index is 654. The van der Waals surface area contributed by atoms with Gasteiger partial charge in [0.25, 0.3) is 0 Å². The molecule has 0 aromatic carbocycles. The van der Waals surface area contributed by atoms with Crippen LogP contribution in [-0.2, 0) is 16.0 Å². The van der Waals surface area contributed by atoms with Gasteiger partial charge in [-0.2, -0.15) is 0 Å². The number of esters is 1. The standard InChI is InChI=1S/C24H38O3S/c1-5-18-11-14-23(28-18)22(27-17(3)25)10-6-8-16(2)19-12-13-20-21(26)9-7-15-24(19,20)4/h11,14,16,19-22,26H,5-10,12-13,15H2,1-4H3/t16?,19-,20+,21+,22?,24-/m1/s1. The Morgan fingerprint density at radius 3 is 2.79 bits per heavy atom. The van der Waals surface area contributed by atoms with Crippen LogP contribution >= 0.6 is 11.3 Å². The molecule has 1 N–H and O–H groups in total. The Labute approximate surface area is 174 Å². The zero-order valence-corrected chi connectivity index (χ0v) is 18.9. The lowest BCUT2D eigenvalue weighted by Gasteiger charge is -2.45. The number of carbonyl (C=O) groups excluding carboxylic acids is 1. The summed E-state index contributed by atoms with van der Waals surface area (Å²) in [6, 6.07) is 4.29. The van der Waals surface area contributed by atoms with Crippen molar-refractivity contribution in [1.29, 1.82) is 0 Å². The van der Waals surface area contributed by atoms with Crippen LogP contribution in [0.4, 0.5) is 0 Å². The zero-order chi connectivity index (χ0) is 20.3. The van der Waals surface area contributed by atoms with E-state index in [1.807, 2.05) is 0 Å². The SMILES string of the molecule is CCc1ccc(C(CCCC(C)[C@H]2CC[C@H]3[C@@H](O)CCC[C@]23C)OC(C)=O)s1. The predicted octanol–water partition coefficient (Wildman–Crippen LogP) is 6.30. The van der Waals surface area contributed by atoms with E-state index in [4.69, 9.17) is 4.74 Å². The lowest BCUT2D eigenvalue weighted by Crippen LogP contribution is -2.41. The molecule has 1 heterocycles. The van der Waals surface area contributed by atoms with Crippen LogP contribution in [0, 0.1) is 23.2 Å². The van der Waals surface area contributed by atoms with E-state index in [0.29, 0.717) is 23.2 Å². The highest BCUT2D eigenvalue weighted by molar-refractivity contribution is 7.12. The van der Waals surface area contributed by atoms with Crippen molar-refractivity contribution in [3.63, 3.8) is 0 Å². The average Bonchev–Trinajstić information content (AvgIpc) is 3.25. The van der Waals surface area contributed by atoms with E-state index >= 15 is 0 Å². The van der Waals surface area contributed by atoms with Gasteiger partial charge in [0.05, 0.1) is 6.10 Å². The molecule has 6 atom stereocenters. The fraction of sp³-hybridized carbons (Fsp3) is 0.792. The number of aliphatic hydroxyl groups excluding tert-OH is 1. The van der Waals surface area contributed by atoms with Crippen LogP contribution in [0.2, 0.25) is 0 Å². The molecular weight excluding hydrogens is 368 g/mol. The monoisotopic (exact) mass is 406 g/mol. The topological polar surface area (TPSA) is 46.5 Å². The van der Waals surface area contributed by atoms with Gasteiger partial charge in [0.1, 0.15) is 6.10 Å². The number of ether oxygens (including phenoxy) is 1. The van der Waals surface area contributed by atoms with Gasteiger partial charge in [0.2, 0.25) is 0 Å². The average molecular weight is 407 g/mol. The van der Waals surface area contributed by atoms with E-state index in [0.717, 1.165) is 25.7 Å². The molecule has 0 aliphatic heterocycles. The van der Waals surface area contributed by atoms with Gasteiger partial charge >= 0.3 is 5.97 Å². The molecule has 2 unspecified atom stereocenters. The van der Waals surface area contributed by atoms with Crippen molar-refractivity contribution in [2.75, 3.05) is 0 Å². The molecule has 2 aliphatic rings. The molecule has 0 radical (unpaired) electrons. The molecule has 1 aromatic heterocycles. The number of carbonyl (C=O) groups is 1. The van der Waals surface area contributed by atoms with Gasteiger partial charge in [-0.25, -0.2) is 0 Å². The minimum atomic E-state index is -0.188. The lowest BCUT2D eigenvalue weighted by molar-refractivity contribution is -0.147. The molecule has 3 rings (SSSR count). The summed E-state index contributed by atoms with van der Waals surface area (Å²) in [5.41, 5.74) is 0.316. The van der Waals surface area contributed by atoms with Gasteiger partial charge in [0.15, 0.2) is 0 Å². The molecule has 2 saturated carbocycles. The lowest BCUT2D eigenvalue weighted by atomic mass is 9.61. The molecule has 2 fully saturated rings. The molecule has 2 aliphatic carbocycles. The van der Waals surface area contributed by atoms with Crippen LogP contribution in [0.1, 0.15) is 94.9 Å². The molecule has 1 aromatic rings. The highest BCUT2D eigenvalue weighted by atomic mass is 32.1. The second-order valence-electron chi connectivity index (χ2n) is 9.42. The molecule has 0 saturated heterocycles. The highest BCUT2D eigenvalue weighted by Crippen LogP contribution is 2.58. The van der Waals surface area contributed by atoms with E-state index in [2.05, 4.69) is 32.9 Å². The first-order valence-corrected chi connectivity index (χ1v) is 12.1.